The Morgan fingerprint density at radius 1 is 1.43 bits per heavy atom. The number of nitrogens with zero attached hydrogens (tertiary/aromatic N) is 2. The summed E-state index contributed by atoms with van der Waals surface area (Å²) in [6.45, 7) is 0. The summed E-state index contributed by atoms with van der Waals surface area (Å²) in [7, 11) is -2.92. The lowest BCUT2D eigenvalue weighted by atomic mass is 10.2. The second kappa shape index (κ2) is 5.64. The number of rotatable bonds is 3. The zero-order valence-corrected chi connectivity index (χ0v) is 12.7. The summed E-state index contributed by atoms with van der Waals surface area (Å²) in [5.41, 5.74) is 5.24. The Morgan fingerprint density at radius 3 is 2.61 bits per heavy atom. The van der Waals surface area contributed by atoms with Crippen LogP contribution in [0.1, 0.15) is 16.1 Å². The number of methoxy groups -OCH3 is 1. The van der Waals surface area contributed by atoms with Crippen LogP contribution < -0.4 is 10.9 Å². The van der Waals surface area contributed by atoms with Gasteiger partial charge in [-0.05, 0) is 18.2 Å². The van der Waals surface area contributed by atoms with E-state index in [1.807, 2.05) is 0 Å². The first-order valence-corrected chi connectivity index (χ1v) is 7.60. The first-order valence-electron chi connectivity index (χ1n) is 6.06. The van der Waals surface area contributed by atoms with Crippen LogP contribution in [0.2, 0.25) is 0 Å². The molecule has 2 aromatic rings. The van der Waals surface area contributed by atoms with Crippen LogP contribution in [-0.2, 0) is 14.8 Å². The molecule has 0 saturated carbocycles. The van der Waals surface area contributed by atoms with Crippen molar-refractivity contribution in [2.75, 3.05) is 12.8 Å². The molecule has 1 heterocycles. The quantitative estimate of drug-likeness (QED) is 0.668. The Balaban J connectivity index is 2.82. The first-order chi connectivity index (χ1) is 10.7. The van der Waals surface area contributed by atoms with Crippen molar-refractivity contribution in [1.29, 1.82) is 5.26 Å². The summed E-state index contributed by atoms with van der Waals surface area (Å²) in [6, 6.07) is 5.04. The minimum atomic E-state index is -4.03. The molecule has 0 aliphatic rings. The molecule has 10 heteroatoms. The maximum atomic E-state index is 11.9. The van der Waals surface area contributed by atoms with Gasteiger partial charge in [-0.2, -0.15) is 5.26 Å². The molecule has 2 rings (SSSR count). The van der Waals surface area contributed by atoms with Crippen LogP contribution >= 0.6 is 0 Å². The fourth-order valence-corrected chi connectivity index (χ4v) is 2.51. The van der Waals surface area contributed by atoms with Crippen molar-refractivity contribution in [2.45, 2.75) is 4.90 Å². The lowest BCUT2D eigenvalue weighted by Gasteiger charge is -2.11. The second-order valence-electron chi connectivity index (χ2n) is 4.47. The van der Waals surface area contributed by atoms with Crippen molar-refractivity contribution in [2.24, 2.45) is 5.14 Å². The molecular formula is C13H12N4O5S. The van der Waals surface area contributed by atoms with E-state index in [9.17, 15) is 18.3 Å². The monoisotopic (exact) mass is 336 g/mol. The van der Waals surface area contributed by atoms with Crippen molar-refractivity contribution in [1.82, 2.24) is 4.57 Å². The van der Waals surface area contributed by atoms with Gasteiger partial charge >= 0.3 is 5.97 Å². The summed E-state index contributed by atoms with van der Waals surface area (Å²) in [5, 5.41) is 24.1. The van der Waals surface area contributed by atoms with E-state index in [4.69, 9.17) is 16.1 Å². The standard InChI is InChI=1S/C13H12N4O5S/c1-22-13(19)12-11(15)7(5-14)6-17(12)9-4-8(23(16,20)21)2-3-10(9)18/h2-4,6,18H,15H2,1H3,(H2,16,20,21). The molecular weight excluding hydrogens is 324 g/mol. The number of carbonyl (C=O) groups is 1. The number of ether oxygens (including phenoxy) is 1. The van der Waals surface area contributed by atoms with Crippen LogP contribution in [0.15, 0.2) is 29.3 Å². The van der Waals surface area contributed by atoms with E-state index in [0.29, 0.717) is 0 Å². The Labute approximate surface area is 131 Å². The number of esters is 1. The summed E-state index contributed by atoms with van der Waals surface area (Å²) in [5.74, 6) is -1.20. The number of sulfonamides is 1. The van der Waals surface area contributed by atoms with Crippen LogP contribution in [0.4, 0.5) is 5.69 Å². The number of aromatic nitrogens is 1. The maximum absolute atomic E-state index is 11.9. The Hall–Kier alpha value is -3.03. The molecule has 0 unspecified atom stereocenters. The van der Waals surface area contributed by atoms with Crippen molar-refractivity contribution in [3.8, 4) is 17.5 Å². The molecule has 0 bridgehead atoms. The van der Waals surface area contributed by atoms with E-state index >= 15 is 0 Å². The van der Waals surface area contributed by atoms with Gasteiger partial charge in [-0.15, -0.1) is 0 Å². The molecule has 120 valence electrons. The highest BCUT2D eigenvalue weighted by atomic mass is 32.2. The normalized spacial score (nSPS) is 11.0. The van der Waals surface area contributed by atoms with Crippen LogP contribution in [0, 0.1) is 11.3 Å². The molecule has 9 nitrogen and oxygen atoms in total. The van der Waals surface area contributed by atoms with E-state index < -0.39 is 16.0 Å². The number of phenols is 1. The van der Waals surface area contributed by atoms with Gasteiger partial charge in [0.25, 0.3) is 0 Å². The fraction of sp³-hybridized carbons (Fsp3) is 0.0769. The average Bonchev–Trinajstić information content (AvgIpc) is 2.82. The van der Waals surface area contributed by atoms with E-state index in [1.165, 1.54) is 6.20 Å². The number of primary sulfonamides is 1. The van der Waals surface area contributed by atoms with E-state index in [0.717, 1.165) is 29.9 Å². The van der Waals surface area contributed by atoms with Crippen molar-refractivity contribution in [3.63, 3.8) is 0 Å². The zero-order chi connectivity index (χ0) is 17.4. The summed E-state index contributed by atoms with van der Waals surface area (Å²) in [6.07, 6.45) is 1.18. The Bertz CT molecular complexity index is 940. The third-order valence-corrected chi connectivity index (χ3v) is 3.99. The topological polar surface area (TPSA) is 161 Å². The third-order valence-electron chi connectivity index (χ3n) is 3.08. The van der Waals surface area contributed by atoms with Gasteiger partial charge in [0.1, 0.15) is 11.8 Å². The SMILES string of the molecule is COC(=O)c1c(N)c(C#N)cn1-c1cc(S(N)(=O)=O)ccc1O. The summed E-state index contributed by atoms with van der Waals surface area (Å²) >= 11 is 0. The summed E-state index contributed by atoms with van der Waals surface area (Å²) < 4.78 is 28.6. The zero-order valence-electron chi connectivity index (χ0n) is 11.8. The fourth-order valence-electron chi connectivity index (χ4n) is 1.98. The first kappa shape index (κ1) is 16.3. The highest BCUT2D eigenvalue weighted by Gasteiger charge is 2.24. The number of nitriles is 1. The molecule has 0 fully saturated rings. The van der Waals surface area contributed by atoms with Gasteiger partial charge in [-0.25, -0.2) is 18.4 Å². The Kier molecular flexibility index (Phi) is 4.00. The predicted octanol–water partition coefficient (Wildman–Crippen LogP) is 0.0708. The minimum Gasteiger partial charge on any atom is -0.506 e. The molecule has 0 amide bonds. The highest BCUT2D eigenvalue weighted by Crippen LogP contribution is 2.30. The number of hydrogen-bond acceptors (Lipinski definition) is 7. The molecule has 0 atom stereocenters. The number of aromatic hydroxyl groups is 1. The van der Waals surface area contributed by atoms with Crippen molar-refractivity contribution >= 4 is 21.7 Å². The summed E-state index contributed by atoms with van der Waals surface area (Å²) in [4.78, 5) is 11.6. The molecule has 5 N–H and O–H groups in total. The third kappa shape index (κ3) is 2.83. The van der Waals surface area contributed by atoms with Gasteiger partial charge in [0, 0.05) is 6.20 Å². The molecule has 23 heavy (non-hydrogen) atoms. The van der Waals surface area contributed by atoms with Gasteiger partial charge in [-0.3, -0.25) is 0 Å². The second-order valence-corrected chi connectivity index (χ2v) is 6.04. The number of anilines is 1. The molecule has 0 radical (unpaired) electrons. The largest absolute Gasteiger partial charge is 0.506 e. The predicted molar refractivity (Wildman–Crippen MR) is 79.3 cm³/mol. The Morgan fingerprint density at radius 2 is 2.09 bits per heavy atom. The number of carbonyl (C=O) groups excluding carboxylic acids is 1. The molecule has 0 aliphatic heterocycles. The molecule has 1 aromatic heterocycles. The molecule has 0 spiro atoms. The van der Waals surface area contributed by atoms with Gasteiger partial charge in [0.05, 0.1) is 28.9 Å². The number of nitrogen functional groups attached to an aromatic ring is 1. The number of hydrogen-bond donors (Lipinski definition) is 3. The molecule has 0 saturated heterocycles. The van der Waals surface area contributed by atoms with Crippen molar-refractivity contribution < 1.29 is 23.1 Å². The van der Waals surface area contributed by atoms with E-state index in [2.05, 4.69) is 4.74 Å². The molecule has 1 aromatic carbocycles. The van der Waals surface area contributed by atoms with E-state index in [1.54, 1.807) is 6.07 Å². The number of benzene rings is 1. The van der Waals surface area contributed by atoms with Gasteiger partial charge < -0.3 is 20.1 Å². The average molecular weight is 336 g/mol. The highest BCUT2D eigenvalue weighted by molar-refractivity contribution is 7.89. The van der Waals surface area contributed by atoms with Gasteiger partial charge in [0.15, 0.2) is 5.69 Å². The minimum absolute atomic E-state index is 0.0363. The number of phenolic OH excluding ortho intramolecular Hbond substituents is 1. The lowest BCUT2D eigenvalue weighted by molar-refractivity contribution is 0.0593. The van der Waals surface area contributed by atoms with Crippen molar-refractivity contribution in [3.05, 3.63) is 35.7 Å². The van der Waals surface area contributed by atoms with Crippen LogP contribution in [-0.4, -0.2) is 31.2 Å². The van der Waals surface area contributed by atoms with Crippen LogP contribution in [0.3, 0.4) is 0 Å². The van der Waals surface area contributed by atoms with Crippen LogP contribution in [0.25, 0.3) is 5.69 Å². The van der Waals surface area contributed by atoms with E-state index in [-0.39, 0.29) is 33.3 Å². The van der Waals surface area contributed by atoms with Gasteiger partial charge in [-0.1, -0.05) is 0 Å². The molecule has 0 aliphatic carbocycles. The maximum Gasteiger partial charge on any atom is 0.357 e. The lowest BCUT2D eigenvalue weighted by Crippen LogP contribution is -2.14. The van der Waals surface area contributed by atoms with Crippen LogP contribution in [0.5, 0.6) is 5.75 Å². The van der Waals surface area contributed by atoms with Gasteiger partial charge in [0.2, 0.25) is 10.0 Å². The smallest absolute Gasteiger partial charge is 0.357 e. The number of nitrogens with two attached hydrogens (primary N) is 2.